The molecule has 4 nitrogen and oxygen atoms in total. The highest BCUT2D eigenvalue weighted by molar-refractivity contribution is 6.02. The van der Waals surface area contributed by atoms with E-state index in [0.29, 0.717) is 6.42 Å². The zero-order valence-corrected chi connectivity index (χ0v) is 10.8. The summed E-state index contributed by atoms with van der Waals surface area (Å²) >= 11 is 0. The molecule has 4 rings (SSSR count). The van der Waals surface area contributed by atoms with Crippen molar-refractivity contribution in [2.45, 2.75) is 43.7 Å². The topological polar surface area (TPSA) is 46.6 Å². The highest BCUT2D eigenvalue weighted by Crippen LogP contribution is 2.53. The van der Waals surface area contributed by atoms with Crippen LogP contribution in [0.4, 0.5) is 5.69 Å². The van der Waals surface area contributed by atoms with Crippen LogP contribution in [-0.2, 0) is 14.3 Å². The van der Waals surface area contributed by atoms with Gasteiger partial charge >= 0.3 is 5.97 Å². The third-order valence-corrected chi connectivity index (χ3v) is 4.67. The quantitative estimate of drug-likeness (QED) is 0.668. The van der Waals surface area contributed by atoms with Gasteiger partial charge in [0.1, 0.15) is 11.5 Å². The first-order valence-corrected chi connectivity index (χ1v) is 6.76. The lowest BCUT2D eigenvalue weighted by Crippen LogP contribution is -2.48. The zero-order chi connectivity index (χ0) is 13.2. The third-order valence-electron chi connectivity index (χ3n) is 4.67. The Balaban J connectivity index is 1.97. The van der Waals surface area contributed by atoms with E-state index in [0.717, 1.165) is 24.1 Å². The van der Waals surface area contributed by atoms with Crippen molar-refractivity contribution in [3.63, 3.8) is 0 Å². The summed E-state index contributed by atoms with van der Waals surface area (Å²) in [5, 5.41) is 0. The number of hydrogen-bond donors (Lipinski definition) is 0. The van der Waals surface area contributed by atoms with Gasteiger partial charge in [0.2, 0.25) is 5.91 Å². The van der Waals surface area contributed by atoms with Crippen molar-refractivity contribution < 1.29 is 14.3 Å². The Labute approximate surface area is 111 Å². The predicted octanol–water partition coefficient (Wildman–Crippen LogP) is 1.98. The third kappa shape index (κ3) is 1.24. The van der Waals surface area contributed by atoms with E-state index < -0.39 is 5.60 Å². The lowest BCUT2D eigenvalue weighted by Gasteiger charge is -2.32. The Kier molecular flexibility index (Phi) is 1.96. The largest absolute Gasteiger partial charge is 0.457 e. The number of nitrogens with zero attached hydrogens (tertiary/aromatic N) is 1. The number of hydrogen-bond acceptors (Lipinski definition) is 3. The van der Waals surface area contributed by atoms with E-state index in [9.17, 15) is 9.59 Å². The van der Waals surface area contributed by atoms with Gasteiger partial charge in [0.15, 0.2) is 0 Å². The first-order chi connectivity index (χ1) is 9.12. The van der Waals surface area contributed by atoms with Gasteiger partial charge in [0.05, 0.1) is 6.04 Å². The minimum atomic E-state index is -0.535. The smallest absolute Gasteiger partial charge is 0.316 e. The number of fused-ring (bicyclic) bond motifs is 3. The summed E-state index contributed by atoms with van der Waals surface area (Å²) in [5.41, 5.74) is 1.30. The van der Waals surface area contributed by atoms with Crippen LogP contribution in [0.1, 0.15) is 37.7 Å². The van der Waals surface area contributed by atoms with Gasteiger partial charge in [-0.05, 0) is 31.4 Å². The number of para-hydroxylation sites is 1. The fourth-order valence-electron chi connectivity index (χ4n) is 3.87. The van der Waals surface area contributed by atoms with Gasteiger partial charge in [-0.3, -0.25) is 9.59 Å². The molecule has 1 amide bonds. The second-order valence-corrected chi connectivity index (χ2v) is 5.83. The number of benzene rings is 1. The first-order valence-electron chi connectivity index (χ1n) is 6.76. The van der Waals surface area contributed by atoms with Crippen molar-refractivity contribution in [1.82, 2.24) is 0 Å². The number of carbonyl (C=O) groups is 2. The number of ether oxygens (including phenoxy) is 1. The van der Waals surface area contributed by atoms with Crippen LogP contribution < -0.4 is 4.90 Å². The number of esters is 1. The molecule has 3 atom stereocenters. The van der Waals surface area contributed by atoms with Gasteiger partial charge < -0.3 is 9.64 Å². The minimum absolute atomic E-state index is 0.113. The molecule has 98 valence electrons. The summed E-state index contributed by atoms with van der Waals surface area (Å²) < 4.78 is 5.64. The Hall–Kier alpha value is -1.84. The van der Waals surface area contributed by atoms with Crippen LogP contribution in [0.5, 0.6) is 0 Å². The van der Waals surface area contributed by atoms with Gasteiger partial charge in [-0.1, -0.05) is 18.2 Å². The minimum Gasteiger partial charge on any atom is -0.457 e. The van der Waals surface area contributed by atoms with Crippen LogP contribution in [0.2, 0.25) is 0 Å². The molecule has 3 heterocycles. The number of anilines is 1. The molecule has 0 unspecified atom stereocenters. The number of rotatable bonds is 0. The summed E-state index contributed by atoms with van der Waals surface area (Å²) in [6.45, 7) is 1.97. The summed E-state index contributed by atoms with van der Waals surface area (Å²) in [4.78, 5) is 26.4. The molecule has 0 radical (unpaired) electrons. The van der Waals surface area contributed by atoms with E-state index in [1.165, 1.54) is 0 Å². The molecule has 0 bridgehead atoms. The van der Waals surface area contributed by atoms with E-state index in [1.54, 1.807) is 0 Å². The predicted molar refractivity (Wildman–Crippen MR) is 68.8 cm³/mol. The molecule has 4 heteroatoms. The van der Waals surface area contributed by atoms with Crippen molar-refractivity contribution in [3.05, 3.63) is 29.8 Å². The van der Waals surface area contributed by atoms with Crippen molar-refractivity contribution in [2.24, 2.45) is 0 Å². The Morgan fingerprint density at radius 1 is 1.32 bits per heavy atom. The average Bonchev–Trinajstić information content (AvgIpc) is 2.80. The SMILES string of the molecule is C[C@@]12CCCC(=O)N3c4ccccc4[C@H](C(=O)O1)[C@@H]32. The zero-order valence-electron chi connectivity index (χ0n) is 10.8. The summed E-state index contributed by atoms with van der Waals surface area (Å²) in [6, 6.07) is 7.55. The Morgan fingerprint density at radius 3 is 2.95 bits per heavy atom. The van der Waals surface area contributed by atoms with Crippen LogP contribution in [0.3, 0.4) is 0 Å². The van der Waals surface area contributed by atoms with Crippen LogP contribution >= 0.6 is 0 Å². The van der Waals surface area contributed by atoms with Crippen LogP contribution in [-0.4, -0.2) is 23.5 Å². The van der Waals surface area contributed by atoms with E-state index in [-0.39, 0.29) is 23.8 Å². The maximum atomic E-state index is 12.4. The van der Waals surface area contributed by atoms with Crippen LogP contribution in [0.25, 0.3) is 0 Å². The van der Waals surface area contributed by atoms with Crippen molar-refractivity contribution in [2.75, 3.05) is 4.90 Å². The highest BCUT2D eigenvalue weighted by atomic mass is 16.6. The van der Waals surface area contributed by atoms with E-state index in [1.807, 2.05) is 36.1 Å². The molecule has 0 aromatic heterocycles. The lowest BCUT2D eigenvalue weighted by atomic mass is 9.85. The fraction of sp³-hybridized carbons (Fsp3) is 0.467. The number of carbonyl (C=O) groups excluding carboxylic acids is 2. The molecule has 0 spiro atoms. The van der Waals surface area contributed by atoms with Crippen LogP contribution in [0.15, 0.2) is 24.3 Å². The molecule has 2 fully saturated rings. The lowest BCUT2D eigenvalue weighted by molar-refractivity contribution is -0.148. The van der Waals surface area contributed by atoms with Crippen molar-refractivity contribution in [1.29, 1.82) is 0 Å². The standard InChI is InChI=1S/C15H15NO3/c1-15-8-4-7-11(17)16-10-6-3-2-5-9(10)12(13(15)16)14(18)19-15/h2-3,5-6,12-13H,4,7-8H2,1H3/t12-,13+,15-/m0/s1. The second kappa shape index (κ2) is 3.38. The molecule has 1 aromatic carbocycles. The summed E-state index contributed by atoms with van der Waals surface area (Å²) in [5.74, 6) is -0.373. The molecule has 3 aliphatic heterocycles. The normalized spacial score (nSPS) is 35.7. The maximum Gasteiger partial charge on any atom is 0.316 e. The van der Waals surface area contributed by atoms with E-state index in [4.69, 9.17) is 4.74 Å². The fourth-order valence-corrected chi connectivity index (χ4v) is 3.87. The molecule has 2 saturated heterocycles. The highest BCUT2D eigenvalue weighted by Gasteiger charge is 2.62. The van der Waals surface area contributed by atoms with Gasteiger partial charge in [0.25, 0.3) is 0 Å². The Bertz CT molecular complexity index is 597. The van der Waals surface area contributed by atoms with Gasteiger partial charge in [-0.2, -0.15) is 0 Å². The van der Waals surface area contributed by atoms with Gasteiger partial charge in [0, 0.05) is 12.1 Å². The van der Waals surface area contributed by atoms with Crippen molar-refractivity contribution in [3.8, 4) is 0 Å². The maximum absolute atomic E-state index is 12.4. The van der Waals surface area contributed by atoms with E-state index >= 15 is 0 Å². The van der Waals surface area contributed by atoms with Crippen LogP contribution in [0, 0.1) is 0 Å². The van der Waals surface area contributed by atoms with Gasteiger partial charge in [-0.25, -0.2) is 0 Å². The summed E-state index contributed by atoms with van der Waals surface area (Å²) in [7, 11) is 0. The molecular formula is C15H15NO3. The molecule has 1 aromatic rings. The van der Waals surface area contributed by atoms with Crippen molar-refractivity contribution >= 4 is 17.6 Å². The molecule has 19 heavy (non-hydrogen) atoms. The Morgan fingerprint density at radius 2 is 2.11 bits per heavy atom. The van der Waals surface area contributed by atoms with E-state index in [2.05, 4.69) is 0 Å². The monoisotopic (exact) mass is 257 g/mol. The molecule has 3 aliphatic rings. The second-order valence-electron chi connectivity index (χ2n) is 5.83. The summed E-state index contributed by atoms with van der Waals surface area (Å²) in [6.07, 6.45) is 2.07. The molecule has 0 saturated carbocycles. The molecular weight excluding hydrogens is 242 g/mol. The van der Waals surface area contributed by atoms with Gasteiger partial charge in [-0.15, -0.1) is 0 Å². The molecule has 0 N–H and O–H groups in total. The first kappa shape index (κ1) is 11.0. The number of amides is 1. The average molecular weight is 257 g/mol. The molecule has 0 aliphatic carbocycles.